The summed E-state index contributed by atoms with van der Waals surface area (Å²) in [4.78, 5) is 12.0. The highest BCUT2D eigenvalue weighted by molar-refractivity contribution is 5.73. The third kappa shape index (κ3) is 9.06. The highest BCUT2D eigenvalue weighted by Gasteiger charge is 2.36. The Labute approximate surface area is 213 Å². The lowest BCUT2D eigenvalue weighted by Crippen LogP contribution is -2.53. The lowest BCUT2D eigenvalue weighted by molar-refractivity contribution is -0.154. The number of hydrogen-bond donors (Lipinski definition) is 2. The van der Waals surface area contributed by atoms with Crippen molar-refractivity contribution in [3.05, 3.63) is 120 Å². The molecular formula is C30H35NO5. The van der Waals surface area contributed by atoms with Crippen LogP contribution >= 0.6 is 0 Å². The number of carbonyl (C=O) groups excluding carboxylic acids is 1. The third-order valence-electron chi connectivity index (χ3n) is 5.65. The normalized spacial score (nSPS) is 14.4. The second kappa shape index (κ2) is 15.0. The van der Waals surface area contributed by atoms with E-state index in [0.29, 0.717) is 6.61 Å². The molecule has 0 saturated carbocycles. The van der Waals surface area contributed by atoms with Crippen molar-refractivity contribution in [3.63, 3.8) is 0 Å². The number of nitrogens with one attached hydrogen (secondary N) is 1. The maximum Gasteiger partial charge on any atom is 0.217 e. The third-order valence-corrected chi connectivity index (χ3v) is 5.65. The number of aliphatic hydroxyl groups is 1. The van der Waals surface area contributed by atoms with Crippen molar-refractivity contribution in [3.8, 4) is 0 Å². The quantitative estimate of drug-likeness (QED) is 0.309. The van der Waals surface area contributed by atoms with Crippen LogP contribution in [0.3, 0.4) is 0 Å². The fraction of sp³-hybridized carbons (Fsp3) is 0.300. The molecule has 0 fully saturated rings. The summed E-state index contributed by atoms with van der Waals surface area (Å²) in [5, 5.41) is 14.1. The lowest BCUT2D eigenvalue weighted by Gasteiger charge is -2.35. The predicted octanol–water partition coefficient (Wildman–Crippen LogP) is 4.43. The second-order valence-corrected chi connectivity index (χ2v) is 8.55. The number of ether oxygens (including phenoxy) is 3. The van der Waals surface area contributed by atoms with Gasteiger partial charge in [-0.15, -0.1) is 6.58 Å². The van der Waals surface area contributed by atoms with Crippen LogP contribution in [0.4, 0.5) is 0 Å². The number of carbonyl (C=O) groups is 1. The zero-order valence-corrected chi connectivity index (χ0v) is 20.7. The first-order valence-corrected chi connectivity index (χ1v) is 12.1. The van der Waals surface area contributed by atoms with Crippen LogP contribution in [0.2, 0.25) is 0 Å². The molecule has 190 valence electrons. The van der Waals surface area contributed by atoms with Gasteiger partial charge < -0.3 is 24.6 Å². The molecule has 3 rings (SSSR count). The van der Waals surface area contributed by atoms with Crippen molar-refractivity contribution >= 4 is 5.91 Å². The average Bonchev–Trinajstić information content (AvgIpc) is 2.91. The molecule has 0 spiro atoms. The van der Waals surface area contributed by atoms with E-state index in [9.17, 15) is 9.90 Å². The van der Waals surface area contributed by atoms with Gasteiger partial charge in [-0.25, -0.2) is 0 Å². The van der Waals surface area contributed by atoms with Gasteiger partial charge in [-0.3, -0.25) is 4.79 Å². The van der Waals surface area contributed by atoms with Gasteiger partial charge in [-0.1, -0.05) is 97.1 Å². The zero-order chi connectivity index (χ0) is 25.6. The minimum atomic E-state index is -1.02. The smallest absolute Gasteiger partial charge is 0.217 e. The van der Waals surface area contributed by atoms with Crippen LogP contribution in [0.5, 0.6) is 0 Å². The van der Waals surface area contributed by atoms with Crippen molar-refractivity contribution in [2.75, 3.05) is 6.61 Å². The molecule has 0 aromatic heterocycles. The summed E-state index contributed by atoms with van der Waals surface area (Å²) in [5.74, 6) is -0.232. The van der Waals surface area contributed by atoms with Crippen LogP contribution < -0.4 is 5.32 Å². The highest BCUT2D eigenvalue weighted by atomic mass is 16.6. The van der Waals surface area contributed by atoms with Crippen LogP contribution in [0.15, 0.2) is 104 Å². The van der Waals surface area contributed by atoms with Crippen molar-refractivity contribution < 1.29 is 24.1 Å². The van der Waals surface area contributed by atoms with Gasteiger partial charge in [0, 0.05) is 6.92 Å². The van der Waals surface area contributed by atoms with Crippen LogP contribution in [0, 0.1) is 0 Å². The van der Waals surface area contributed by atoms with Crippen LogP contribution in [0.25, 0.3) is 0 Å². The monoisotopic (exact) mass is 489 g/mol. The molecule has 0 saturated heterocycles. The Bertz CT molecular complexity index is 1030. The summed E-state index contributed by atoms with van der Waals surface area (Å²) in [7, 11) is 0. The zero-order valence-electron chi connectivity index (χ0n) is 20.7. The molecule has 0 aliphatic rings. The van der Waals surface area contributed by atoms with Gasteiger partial charge in [0.15, 0.2) is 0 Å². The van der Waals surface area contributed by atoms with E-state index < -0.39 is 24.4 Å². The van der Waals surface area contributed by atoms with E-state index >= 15 is 0 Å². The summed E-state index contributed by atoms with van der Waals surface area (Å²) >= 11 is 0. The highest BCUT2D eigenvalue weighted by Crippen LogP contribution is 2.19. The minimum Gasteiger partial charge on any atom is -0.388 e. The van der Waals surface area contributed by atoms with Gasteiger partial charge in [-0.2, -0.15) is 0 Å². The SMILES string of the molecule is C=CC(NC(C)=O)C(OCc1ccccc1)[C@H](OCc1ccccc1)C(O)COCc1ccccc1. The summed E-state index contributed by atoms with van der Waals surface area (Å²) in [6.07, 6.45) is -0.937. The van der Waals surface area contributed by atoms with Crippen molar-refractivity contribution in [1.29, 1.82) is 0 Å². The topological polar surface area (TPSA) is 77.0 Å². The van der Waals surface area contributed by atoms with Gasteiger partial charge in [-0.05, 0) is 16.7 Å². The van der Waals surface area contributed by atoms with Gasteiger partial charge in [0.2, 0.25) is 5.91 Å². The standard InChI is InChI=1S/C30H35NO5/c1-3-27(31-23(2)32)29(35-20-25-15-9-5-10-16-25)30(36-21-26-17-11-6-12-18-26)28(33)22-34-19-24-13-7-4-8-14-24/h3-18,27-30,33H,1,19-22H2,2H3,(H,31,32)/t27?,28?,29?,30-/m1/s1. The summed E-state index contributed by atoms with van der Waals surface area (Å²) in [6.45, 7) is 6.25. The molecule has 0 bridgehead atoms. The minimum absolute atomic E-state index is 0.0312. The number of benzene rings is 3. The number of amides is 1. The Kier molecular flexibility index (Phi) is 11.3. The summed E-state index contributed by atoms with van der Waals surface area (Å²) in [5.41, 5.74) is 2.92. The predicted molar refractivity (Wildman–Crippen MR) is 140 cm³/mol. The van der Waals surface area contributed by atoms with Gasteiger partial charge >= 0.3 is 0 Å². The van der Waals surface area contributed by atoms with Gasteiger partial charge in [0.05, 0.1) is 32.5 Å². The van der Waals surface area contributed by atoms with E-state index in [0.717, 1.165) is 16.7 Å². The first-order valence-electron chi connectivity index (χ1n) is 12.1. The number of rotatable bonds is 15. The number of aliphatic hydroxyl groups excluding tert-OH is 1. The van der Waals surface area contributed by atoms with E-state index in [1.54, 1.807) is 6.08 Å². The van der Waals surface area contributed by atoms with Gasteiger partial charge in [0.1, 0.15) is 18.3 Å². The fourth-order valence-corrected chi connectivity index (χ4v) is 3.84. The Balaban J connectivity index is 1.79. The first-order chi connectivity index (χ1) is 17.6. The Morgan fingerprint density at radius 2 is 1.25 bits per heavy atom. The molecule has 0 aliphatic heterocycles. The van der Waals surface area contributed by atoms with Crippen molar-refractivity contribution in [2.45, 2.75) is 51.1 Å². The fourth-order valence-electron chi connectivity index (χ4n) is 3.84. The van der Waals surface area contributed by atoms with E-state index in [1.807, 2.05) is 91.0 Å². The molecule has 1 amide bonds. The molecule has 4 atom stereocenters. The maximum atomic E-state index is 12.0. The van der Waals surface area contributed by atoms with E-state index in [1.165, 1.54) is 6.92 Å². The molecule has 0 radical (unpaired) electrons. The maximum absolute atomic E-state index is 12.0. The molecule has 3 unspecified atom stereocenters. The Morgan fingerprint density at radius 3 is 1.69 bits per heavy atom. The Morgan fingerprint density at radius 1 is 0.806 bits per heavy atom. The van der Waals surface area contributed by atoms with E-state index in [2.05, 4.69) is 11.9 Å². The molecule has 36 heavy (non-hydrogen) atoms. The summed E-state index contributed by atoms with van der Waals surface area (Å²) < 4.78 is 18.4. The second-order valence-electron chi connectivity index (χ2n) is 8.55. The lowest BCUT2D eigenvalue weighted by atomic mass is 10.00. The largest absolute Gasteiger partial charge is 0.388 e. The van der Waals surface area contributed by atoms with Crippen LogP contribution in [0.1, 0.15) is 23.6 Å². The van der Waals surface area contributed by atoms with E-state index in [4.69, 9.17) is 14.2 Å². The number of hydrogen-bond acceptors (Lipinski definition) is 5. The van der Waals surface area contributed by atoms with Crippen LogP contribution in [-0.2, 0) is 38.8 Å². The van der Waals surface area contributed by atoms with Gasteiger partial charge in [0.25, 0.3) is 0 Å². The molecule has 2 N–H and O–H groups in total. The molecule has 3 aromatic carbocycles. The van der Waals surface area contributed by atoms with Crippen LogP contribution in [-0.4, -0.2) is 42.0 Å². The Hall–Kier alpha value is -3.29. The molecule has 6 heteroatoms. The van der Waals surface area contributed by atoms with Crippen molar-refractivity contribution in [2.24, 2.45) is 0 Å². The molecule has 0 aliphatic carbocycles. The molecule has 3 aromatic rings. The van der Waals surface area contributed by atoms with Crippen molar-refractivity contribution in [1.82, 2.24) is 5.32 Å². The summed E-state index contributed by atoms with van der Waals surface area (Å²) in [6, 6.07) is 28.6. The van der Waals surface area contributed by atoms with E-state index in [-0.39, 0.29) is 25.7 Å². The molecule has 6 nitrogen and oxygen atoms in total. The molecule has 0 heterocycles. The first kappa shape index (κ1) is 27.3. The molecular weight excluding hydrogens is 454 g/mol. The average molecular weight is 490 g/mol.